The van der Waals surface area contributed by atoms with Gasteiger partial charge in [-0.25, -0.2) is 0 Å². The number of hydrogen-bond donors (Lipinski definition) is 3. The molecule has 7 nitrogen and oxygen atoms in total. The first-order valence-corrected chi connectivity index (χ1v) is 11.0. The summed E-state index contributed by atoms with van der Waals surface area (Å²) < 4.78 is 12.7. The highest BCUT2D eigenvalue weighted by atomic mass is 79.9. The quantitative estimate of drug-likeness (QED) is 0.350. The van der Waals surface area contributed by atoms with E-state index in [4.69, 9.17) is 21.7 Å². The minimum Gasteiger partial charge on any atom is -0.491 e. The Kier molecular flexibility index (Phi) is 9.54. The number of nitrogens with one attached hydrogen (secondary N) is 3. The summed E-state index contributed by atoms with van der Waals surface area (Å²) in [6.45, 7) is 3.77. The van der Waals surface area contributed by atoms with Crippen molar-refractivity contribution in [1.29, 1.82) is 0 Å². The predicted octanol–water partition coefficient (Wildman–Crippen LogP) is 4.10. The van der Waals surface area contributed by atoms with Gasteiger partial charge in [0.15, 0.2) is 11.7 Å². The van der Waals surface area contributed by atoms with Crippen molar-refractivity contribution < 1.29 is 19.1 Å². The molecule has 10 heteroatoms. The molecule has 0 saturated carbocycles. The fourth-order valence-electron chi connectivity index (χ4n) is 2.11. The molecular weight excluding hydrogens is 538 g/mol. The molecule has 0 spiro atoms. The lowest BCUT2D eigenvalue weighted by Gasteiger charge is -2.13. The van der Waals surface area contributed by atoms with Crippen LogP contribution in [0.2, 0.25) is 0 Å². The number of amides is 2. The molecule has 0 radical (unpaired) electrons. The van der Waals surface area contributed by atoms with E-state index in [0.717, 1.165) is 10.9 Å². The summed E-state index contributed by atoms with van der Waals surface area (Å²) in [5, 5.41) is 2.44. The van der Waals surface area contributed by atoms with Gasteiger partial charge in [-0.1, -0.05) is 22.9 Å². The van der Waals surface area contributed by atoms with E-state index in [1.165, 1.54) is 0 Å². The highest BCUT2D eigenvalue weighted by molar-refractivity contribution is 9.11. The molecule has 0 aromatic heterocycles. The average molecular weight is 559 g/mol. The van der Waals surface area contributed by atoms with Gasteiger partial charge in [-0.2, -0.15) is 0 Å². The number of carbonyl (C=O) groups excluding carboxylic acids is 2. The summed E-state index contributed by atoms with van der Waals surface area (Å²) >= 11 is 11.7. The molecular formula is C20H21Br2N3O4S. The zero-order chi connectivity index (χ0) is 22.1. The number of benzene rings is 2. The molecule has 0 aliphatic rings. The van der Waals surface area contributed by atoms with Crippen LogP contribution in [-0.2, 0) is 4.79 Å². The van der Waals surface area contributed by atoms with Crippen LogP contribution in [0.1, 0.15) is 30.6 Å². The number of hydrogen-bond acceptors (Lipinski definition) is 5. The Labute approximate surface area is 197 Å². The van der Waals surface area contributed by atoms with Gasteiger partial charge in [0.05, 0.1) is 10.6 Å². The Bertz CT molecular complexity index is 909. The first kappa shape index (κ1) is 24.1. The zero-order valence-corrected chi connectivity index (χ0v) is 20.3. The molecule has 2 rings (SSSR count). The average Bonchev–Trinajstić information content (AvgIpc) is 2.72. The number of rotatable bonds is 7. The number of hydrazine groups is 1. The lowest BCUT2D eigenvalue weighted by atomic mass is 10.2. The second-order valence-electron chi connectivity index (χ2n) is 6.18. The third-order valence-electron chi connectivity index (χ3n) is 3.82. The molecule has 1 atom stereocenters. The van der Waals surface area contributed by atoms with Crippen molar-refractivity contribution in [3.8, 4) is 11.5 Å². The van der Waals surface area contributed by atoms with Gasteiger partial charge in [-0.15, -0.1) is 0 Å². The van der Waals surface area contributed by atoms with Crippen molar-refractivity contribution in [2.24, 2.45) is 0 Å². The molecule has 0 heterocycles. The van der Waals surface area contributed by atoms with E-state index in [0.29, 0.717) is 21.5 Å². The van der Waals surface area contributed by atoms with Gasteiger partial charge in [0, 0.05) is 10.0 Å². The smallest absolute Gasteiger partial charge is 0.276 e. The molecule has 0 fully saturated rings. The summed E-state index contributed by atoms with van der Waals surface area (Å²) in [6.07, 6.45) is 0.984. The molecule has 3 N–H and O–H groups in total. The van der Waals surface area contributed by atoms with Crippen molar-refractivity contribution in [3.05, 3.63) is 57.0 Å². The Morgan fingerprint density at radius 1 is 1.10 bits per heavy atom. The first-order chi connectivity index (χ1) is 14.3. The van der Waals surface area contributed by atoms with Crippen LogP contribution in [0.3, 0.4) is 0 Å². The summed E-state index contributed by atoms with van der Waals surface area (Å²) in [5.74, 6) is 0.330. The van der Waals surface area contributed by atoms with Gasteiger partial charge in [-0.05, 0) is 84.0 Å². The SMILES string of the molecule is CCC(C)Oc1ccc(C(=O)NC(=S)NNC(=O)COc2ccc(Br)cc2Br)cc1. The fourth-order valence-corrected chi connectivity index (χ4v) is 3.41. The van der Waals surface area contributed by atoms with Gasteiger partial charge >= 0.3 is 0 Å². The maximum absolute atomic E-state index is 12.2. The van der Waals surface area contributed by atoms with E-state index in [2.05, 4.69) is 48.0 Å². The van der Waals surface area contributed by atoms with Crippen LogP contribution < -0.4 is 25.6 Å². The standard InChI is InChI=1S/C20H21Br2N3O4S/c1-3-12(2)29-15-7-4-13(5-8-15)19(27)23-20(30)25-24-18(26)11-28-17-9-6-14(21)10-16(17)22/h4-10,12H,3,11H2,1-2H3,(H,24,26)(H2,23,25,27,30). The zero-order valence-electron chi connectivity index (χ0n) is 16.3. The highest BCUT2D eigenvalue weighted by Gasteiger charge is 2.10. The molecule has 0 saturated heterocycles. The molecule has 2 aromatic rings. The van der Waals surface area contributed by atoms with Crippen molar-refractivity contribution >= 4 is 61.0 Å². The predicted molar refractivity (Wildman–Crippen MR) is 126 cm³/mol. The molecule has 1 unspecified atom stereocenters. The molecule has 160 valence electrons. The third-order valence-corrected chi connectivity index (χ3v) is 5.14. The molecule has 0 aliphatic heterocycles. The molecule has 0 bridgehead atoms. The number of halogens is 2. The number of ether oxygens (including phenoxy) is 2. The van der Waals surface area contributed by atoms with Crippen LogP contribution in [0.4, 0.5) is 0 Å². The monoisotopic (exact) mass is 557 g/mol. The highest BCUT2D eigenvalue weighted by Crippen LogP contribution is 2.28. The van der Waals surface area contributed by atoms with Crippen LogP contribution in [0.5, 0.6) is 11.5 Å². The lowest BCUT2D eigenvalue weighted by Crippen LogP contribution is -2.49. The Balaban J connectivity index is 1.75. The van der Waals surface area contributed by atoms with E-state index in [9.17, 15) is 9.59 Å². The second kappa shape index (κ2) is 11.9. The summed E-state index contributed by atoms with van der Waals surface area (Å²) in [7, 11) is 0. The lowest BCUT2D eigenvalue weighted by molar-refractivity contribution is -0.123. The minimum atomic E-state index is -0.465. The first-order valence-electron chi connectivity index (χ1n) is 9.03. The van der Waals surface area contributed by atoms with E-state index >= 15 is 0 Å². The van der Waals surface area contributed by atoms with Crippen LogP contribution in [0.25, 0.3) is 0 Å². The van der Waals surface area contributed by atoms with Crippen LogP contribution in [0.15, 0.2) is 51.4 Å². The largest absolute Gasteiger partial charge is 0.491 e. The normalized spacial score (nSPS) is 11.2. The number of carbonyl (C=O) groups is 2. The Morgan fingerprint density at radius 2 is 1.80 bits per heavy atom. The van der Waals surface area contributed by atoms with Crippen molar-refractivity contribution in [1.82, 2.24) is 16.2 Å². The van der Waals surface area contributed by atoms with E-state index in [1.807, 2.05) is 13.8 Å². The summed E-state index contributed by atoms with van der Waals surface area (Å²) in [6, 6.07) is 12.0. The van der Waals surface area contributed by atoms with E-state index in [1.54, 1.807) is 42.5 Å². The van der Waals surface area contributed by atoms with Gasteiger partial charge in [0.25, 0.3) is 11.8 Å². The topological polar surface area (TPSA) is 88.7 Å². The van der Waals surface area contributed by atoms with Crippen molar-refractivity contribution in [3.63, 3.8) is 0 Å². The fraction of sp³-hybridized carbons (Fsp3) is 0.250. The second-order valence-corrected chi connectivity index (χ2v) is 8.36. The van der Waals surface area contributed by atoms with Crippen molar-refractivity contribution in [2.75, 3.05) is 6.61 Å². The van der Waals surface area contributed by atoms with Gasteiger partial charge < -0.3 is 9.47 Å². The third kappa shape index (κ3) is 7.92. The molecule has 0 aliphatic carbocycles. The Hall–Kier alpha value is -2.17. The van der Waals surface area contributed by atoms with Crippen molar-refractivity contribution in [2.45, 2.75) is 26.4 Å². The summed E-state index contributed by atoms with van der Waals surface area (Å²) in [5.41, 5.74) is 5.24. The van der Waals surface area contributed by atoms with Gasteiger partial charge in [0.2, 0.25) is 0 Å². The van der Waals surface area contributed by atoms with Crippen LogP contribution in [0, 0.1) is 0 Å². The number of thiocarbonyl (C=S) groups is 1. The van der Waals surface area contributed by atoms with Gasteiger partial charge in [0.1, 0.15) is 11.5 Å². The molecule has 2 aromatic carbocycles. The minimum absolute atomic E-state index is 0.0434. The van der Waals surface area contributed by atoms with E-state index in [-0.39, 0.29) is 17.8 Å². The molecule has 2 amide bonds. The van der Waals surface area contributed by atoms with Crippen LogP contribution in [-0.4, -0.2) is 29.6 Å². The van der Waals surface area contributed by atoms with Gasteiger partial charge in [-0.3, -0.25) is 25.8 Å². The van der Waals surface area contributed by atoms with E-state index < -0.39 is 11.8 Å². The Morgan fingerprint density at radius 3 is 2.43 bits per heavy atom. The maximum Gasteiger partial charge on any atom is 0.276 e. The molecule has 30 heavy (non-hydrogen) atoms. The summed E-state index contributed by atoms with van der Waals surface area (Å²) in [4.78, 5) is 24.1. The maximum atomic E-state index is 12.2. The van der Waals surface area contributed by atoms with Crippen LogP contribution >= 0.6 is 44.1 Å².